The maximum atomic E-state index is 10.6. The van der Waals surface area contributed by atoms with Gasteiger partial charge in [0.05, 0.1) is 32.3 Å². The fourth-order valence-corrected chi connectivity index (χ4v) is 3.94. The van der Waals surface area contributed by atoms with Gasteiger partial charge in [0.2, 0.25) is 0 Å². The van der Waals surface area contributed by atoms with E-state index in [1.165, 1.54) is 28.1 Å². The Kier molecular flexibility index (Phi) is 6.13. The van der Waals surface area contributed by atoms with Crippen LogP contribution in [0.4, 0.5) is 5.82 Å². The summed E-state index contributed by atoms with van der Waals surface area (Å²) in [6, 6.07) is 0. The van der Waals surface area contributed by atoms with E-state index in [2.05, 4.69) is 25.3 Å². The second kappa shape index (κ2) is 9.08. The summed E-state index contributed by atoms with van der Waals surface area (Å²) >= 11 is 0. The minimum atomic E-state index is -1.42. The van der Waals surface area contributed by atoms with Crippen molar-refractivity contribution in [3.05, 3.63) is 24.5 Å². The molecule has 0 radical (unpaired) electrons. The molecule has 2 aliphatic heterocycles. The third-order valence-corrected chi connectivity index (χ3v) is 5.80. The van der Waals surface area contributed by atoms with Gasteiger partial charge in [-0.15, -0.1) is 5.10 Å². The van der Waals surface area contributed by atoms with Gasteiger partial charge in [0, 0.05) is 0 Å². The van der Waals surface area contributed by atoms with Crippen LogP contribution in [-0.2, 0) is 27.4 Å². The van der Waals surface area contributed by atoms with Crippen LogP contribution in [-0.4, -0.2) is 110 Å². The average molecular weight is 480 g/mol. The van der Waals surface area contributed by atoms with Crippen molar-refractivity contribution >= 4 is 17.0 Å². The number of aliphatic hydroxyl groups excluding tert-OH is 5. The number of hydrogen-bond donors (Lipinski definition) is 6. The molecule has 8 atom stereocenters. The molecule has 0 aliphatic carbocycles. The molecule has 5 rings (SSSR count). The summed E-state index contributed by atoms with van der Waals surface area (Å²) < 4.78 is 19.4. The summed E-state index contributed by atoms with van der Waals surface area (Å²) in [5, 5.41) is 58.2. The van der Waals surface area contributed by atoms with Crippen molar-refractivity contribution in [2.75, 3.05) is 12.3 Å². The zero-order valence-electron chi connectivity index (χ0n) is 17.6. The summed E-state index contributed by atoms with van der Waals surface area (Å²) in [6.45, 7) is -0.203. The van der Waals surface area contributed by atoms with E-state index in [0.717, 1.165) is 0 Å². The van der Waals surface area contributed by atoms with E-state index >= 15 is 0 Å². The first-order chi connectivity index (χ1) is 16.3. The fourth-order valence-electron chi connectivity index (χ4n) is 3.94. The van der Waals surface area contributed by atoms with Crippen molar-refractivity contribution in [3.63, 3.8) is 0 Å². The lowest BCUT2D eigenvalue weighted by atomic mass is 10.1. The normalized spacial score (nSPS) is 34.1. The molecule has 0 bridgehead atoms. The number of rotatable bonds is 6. The third kappa shape index (κ3) is 4.10. The van der Waals surface area contributed by atoms with Crippen molar-refractivity contribution in [2.24, 2.45) is 0 Å². The number of nitrogen functional groups attached to an aromatic ring is 1. The number of anilines is 1. The maximum absolute atomic E-state index is 10.6. The molecule has 16 nitrogen and oxygen atoms in total. The van der Waals surface area contributed by atoms with Gasteiger partial charge in [0.1, 0.15) is 54.2 Å². The highest BCUT2D eigenvalue weighted by molar-refractivity contribution is 5.81. The van der Waals surface area contributed by atoms with Crippen LogP contribution in [0.25, 0.3) is 11.2 Å². The van der Waals surface area contributed by atoms with E-state index in [1.54, 1.807) is 0 Å². The molecule has 2 aliphatic rings. The van der Waals surface area contributed by atoms with Gasteiger partial charge in [-0.05, 0) is 0 Å². The standard InChI is InChI=1S/C18H24N8O8/c19-15-10-16(21-5-20-15)26(6-22-10)17-13(30)12(29)9(34-17)2-25-1-7(23-24-25)3-32-18-14(31)11(28)8(27)4-33-18/h1,5-6,8-9,11-14,17-18,27-31H,2-4H2,(H2,19,20,21)/t8-,9-,11+,12-,13-,14-,17-,18+/m1/s1. The van der Waals surface area contributed by atoms with Crippen molar-refractivity contribution in [3.8, 4) is 0 Å². The van der Waals surface area contributed by atoms with Gasteiger partial charge in [-0.2, -0.15) is 0 Å². The van der Waals surface area contributed by atoms with Crippen LogP contribution in [0.3, 0.4) is 0 Å². The second-order valence-electron chi connectivity index (χ2n) is 8.12. The van der Waals surface area contributed by atoms with Crippen LogP contribution in [0.15, 0.2) is 18.9 Å². The number of hydrogen-bond acceptors (Lipinski definition) is 14. The van der Waals surface area contributed by atoms with Gasteiger partial charge in [-0.25, -0.2) is 19.6 Å². The molecular formula is C18H24N8O8. The lowest BCUT2D eigenvalue weighted by Gasteiger charge is -2.34. The second-order valence-corrected chi connectivity index (χ2v) is 8.12. The molecule has 0 saturated carbocycles. The molecule has 5 heterocycles. The zero-order chi connectivity index (χ0) is 24.0. The molecule has 0 spiro atoms. The van der Waals surface area contributed by atoms with E-state index in [4.69, 9.17) is 19.9 Å². The molecular weight excluding hydrogens is 456 g/mol. The molecule has 0 aromatic carbocycles. The average Bonchev–Trinajstić information content (AvgIpc) is 3.52. The predicted octanol–water partition coefficient (Wildman–Crippen LogP) is -3.72. The number of aliphatic hydroxyl groups is 5. The monoisotopic (exact) mass is 480 g/mol. The first-order valence-corrected chi connectivity index (χ1v) is 10.4. The molecule has 2 fully saturated rings. The van der Waals surface area contributed by atoms with Gasteiger partial charge in [0.25, 0.3) is 0 Å². The van der Waals surface area contributed by atoms with Gasteiger partial charge >= 0.3 is 0 Å². The number of ether oxygens (including phenoxy) is 3. The van der Waals surface area contributed by atoms with E-state index in [-0.39, 0.29) is 25.6 Å². The van der Waals surface area contributed by atoms with Crippen LogP contribution in [0.5, 0.6) is 0 Å². The van der Waals surface area contributed by atoms with Gasteiger partial charge in [0.15, 0.2) is 24.0 Å². The Balaban J connectivity index is 1.22. The van der Waals surface area contributed by atoms with E-state index in [1.807, 2.05) is 0 Å². The van der Waals surface area contributed by atoms with E-state index in [9.17, 15) is 25.5 Å². The summed E-state index contributed by atoms with van der Waals surface area (Å²) in [7, 11) is 0. The molecule has 16 heteroatoms. The highest BCUT2D eigenvalue weighted by Gasteiger charge is 2.44. The van der Waals surface area contributed by atoms with Crippen molar-refractivity contribution < 1.29 is 39.7 Å². The molecule has 3 aromatic heterocycles. The predicted molar refractivity (Wildman–Crippen MR) is 108 cm³/mol. The Hall–Kier alpha value is -2.83. The van der Waals surface area contributed by atoms with Crippen LogP contribution in [0.1, 0.15) is 11.9 Å². The van der Waals surface area contributed by atoms with Gasteiger partial charge in [-0.1, -0.05) is 5.21 Å². The minimum Gasteiger partial charge on any atom is -0.388 e. The quantitative estimate of drug-likeness (QED) is 0.199. The first kappa shape index (κ1) is 22.9. The molecule has 3 aromatic rings. The molecule has 0 amide bonds. The third-order valence-electron chi connectivity index (χ3n) is 5.80. The first-order valence-electron chi connectivity index (χ1n) is 10.4. The maximum Gasteiger partial charge on any atom is 0.186 e. The van der Waals surface area contributed by atoms with Crippen molar-refractivity contribution in [1.82, 2.24) is 34.5 Å². The molecule has 0 unspecified atom stereocenters. The summed E-state index contributed by atoms with van der Waals surface area (Å²) in [5.41, 5.74) is 6.89. The van der Waals surface area contributed by atoms with Crippen molar-refractivity contribution in [2.45, 2.75) is 62.3 Å². The molecule has 2 saturated heterocycles. The smallest absolute Gasteiger partial charge is 0.186 e. The Bertz CT molecular complexity index is 1140. The van der Waals surface area contributed by atoms with Crippen LogP contribution in [0.2, 0.25) is 0 Å². The minimum absolute atomic E-state index is 0.0684. The number of nitrogens with zero attached hydrogens (tertiary/aromatic N) is 7. The highest BCUT2D eigenvalue weighted by Crippen LogP contribution is 2.32. The van der Waals surface area contributed by atoms with Crippen LogP contribution >= 0.6 is 0 Å². The lowest BCUT2D eigenvalue weighted by molar-refractivity contribution is -0.273. The largest absolute Gasteiger partial charge is 0.388 e. The number of imidazole rings is 1. The Labute approximate surface area is 191 Å². The van der Waals surface area contributed by atoms with Gasteiger partial charge in [-0.3, -0.25) is 4.57 Å². The zero-order valence-corrected chi connectivity index (χ0v) is 17.6. The number of fused-ring (bicyclic) bond motifs is 1. The van der Waals surface area contributed by atoms with Gasteiger partial charge < -0.3 is 45.5 Å². The summed E-state index contributed by atoms with van der Waals surface area (Å²) in [5.74, 6) is 0.183. The topological polar surface area (TPSA) is 229 Å². The fraction of sp³-hybridized carbons (Fsp3) is 0.611. The molecule has 7 N–H and O–H groups in total. The Morgan fingerprint density at radius 1 is 1.06 bits per heavy atom. The van der Waals surface area contributed by atoms with Crippen LogP contribution in [0, 0.1) is 0 Å². The Morgan fingerprint density at radius 3 is 2.71 bits per heavy atom. The lowest BCUT2D eigenvalue weighted by Crippen LogP contribution is -2.53. The SMILES string of the molecule is Nc1ncnc2c1ncn2[C@@H]1O[C@H](Cn2cc(CO[C@H]3OC[C@@H](O)[C@H](O)[C@H]3O)nn2)[C@@H](O)[C@H]1O. The van der Waals surface area contributed by atoms with E-state index < -0.39 is 49.1 Å². The number of aromatic nitrogens is 7. The summed E-state index contributed by atoms with van der Waals surface area (Å²) in [6.07, 6.45) is -5.21. The molecule has 34 heavy (non-hydrogen) atoms. The van der Waals surface area contributed by atoms with Crippen LogP contribution < -0.4 is 5.73 Å². The summed E-state index contributed by atoms with van der Waals surface area (Å²) in [4.78, 5) is 12.2. The highest BCUT2D eigenvalue weighted by atomic mass is 16.7. The Morgan fingerprint density at radius 2 is 1.88 bits per heavy atom. The number of nitrogens with two attached hydrogens (primary N) is 1. The van der Waals surface area contributed by atoms with Crippen molar-refractivity contribution in [1.29, 1.82) is 0 Å². The molecule has 184 valence electrons. The van der Waals surface area contributed by atoms with E-state index in [0.29, 0.717) is 16.9 Å².